The molecule has 0 aliphatic carbocycles. The van der Waals surface area contributed by atoms with E-state index in [0.717, 1.165) is 12.1 Å². The summed E-state index contributed by atoms with van der Waals surface area (Å²) < 4.78 is 2.05. The normalized spacial score (nSPS) is 29.1. The zero-order chi connectivity index (χ0) is 24.7. The van der Waals surface area contributed by atoms with E-state index in [-0.39, 0.29) is 40.8 Å². The molecule has 1 aromatic heterocycles. The van der Waals surface area contributed by atoms with E-state index in [9.17, 15) is 24.6 Å². The second kappa shape index (κ2) is 9.67. The van der Waals surface area contributed by atoms with Crippen LogP contribution < -0.4 is 9.88 Å². The minimum absolute atomic E-state index is 0.0277. The number of carboxylic acids is 1. The van der Waals surface area contributed by atoms with E-state index < -0.39 is 18.0 Å². The summed E-state index contributed by atoms with van der Waals surface area (Å²) in [4.78, 5) is 41.3. The lowest BCUT2D eigenvalue weighted by molar-refractivity contribution is -0.679. The van der Waals surface area contributed by atoms with Gasteiger partial charge in [0.25, 0.3) is 0 Å². The molecular formula is C24H33N4O5S+. The molecule has 3 aliphatic rings. The molecule has 2 amide bonds. The van der Waals surface area contributed by atoms with Gasteiger partial charge in [0, 0.05) is 48.3 Å². The van der Waals surface area contributed by atoms with Crippen LogP contribution in [0.15, 0.2) is 35.0 Å². The Morgan fingerprint density at radius 3 is 2.76 bits per heavy atom. The van der Waals surface area contributed by atoms with Crippen molar-refractivity contribution in [3.05, 3.63) is 40.7 Å². The number of fused-ring (bicyclic) bond motifs is 1. The molecule has 0 spiro atoms. The van der Waals surface area contributed by atoms with Crippen LogP contribution in [-0.2, 0) is 27.9 Å². The van der Waals surface area contributed by atoms with Gasteiger partial charge < -0.3 is 25.3 Å². The Morgan fingerprint density at radius 1 is 1.38 bits per heavy atom. The molecule has 1 aromatic rings. The Kier molecular flexibility index (Phi) is 7.02. The minimum atomic E-state index is -1.12. The quantitative estimate of drug-likeness (QED) is 0.351. The average Bonchev–Trinajstić information content (AvgIpc) is 3.34. The number of hydrogen-bond donors (Lipinski definition) is 3. The highest BCUT2D eigenvalue weighted by atomic mass is 32.2. The fourth-order valence-electron chi connectivity index (χ4n) is 5.32. The third-order valence-corrected chi connectivity index (χ3v) is 8.75. The lowest BCUT2D eigenvalue weighted by Gasteiger charge is -2.46. The van der Waals surface area contributed by atoms with Crippen LogP contribution in [0.2, 0.25) is 0 Å². The third-order valence-electron chi connectivity index (χ3n) is 7.24. The van der Waals surface area contributed by atoms with Crippen molar-refractivity contribution in [1.82, 2.24) is 15.1 Å². The number of β-lactam (4-membered cyclic amide) rings is 1. The molecule has 2 saturated heterocycles. The van der Waals surface area contributed by atoms with Gasteiger partial charge in [-0.1, -0.05) is 13.0 Å². The SMILES string of the molecule is CC(O)[C@H]1C(=O)N2C(C(=O)O)=C(SC3CNC(C(=O)N(C)CCc4cccc[n+]4C)C3)[C@@H](C)[C@H]12. The van der Waals surface area contributed by atoms with Crippen molar-refractivity contribution in [3.63, 3.8) is 0 Å². The van der Waals surface area contributed by atoms with Crippen molar-refractivity contribution in [2.45, 2.75) is 50.1 Å². The molecule has 0 aromatic carbocycles. The number of carbonyl (C=O) groups is 3. The van der Waals surface area contributed by atoms with E-state index >= 15 is 0 Å². The number of aliphatic carboxylic acids is 1. The molecule has 4 rings (SSSR count). The van der Waals surface area contributed by atoms with Crippen LogP contribution >= 0.6 is 11.8 Å². The maximum Gasteiger partial charge on any atom is 0.353 e. The summed E-state index contributed by atoms with van der Waals surface area (Å²) in [5.74, 6) is -2.16. The Bertz CT molecular complexity index is 1030. The van der Waals surface area contributed by atoms with Crippen LogP contribution in [0.1, 0.15) is 26.0 Å². The Morgan fingerprint density at radius 2 is 2.12 bits per heavy atom. The molecule has 9 nitrogen and oxygen atoms in total. The topological polar surface area (TPSA) is 114 Å². The predicted octanol–water partition coefficient (Wildman–Crippen LogP) is 0.129. The first-order valence-electron chi connectivity index (χ1n) is 11.7. The number of hydrogen-bond acceptors (Lipinski definition) is 6. The first-order chi connectivity index (χ1) is 16.1. The van der Waals surface area contributed by atoms with E-state index in [4.69, 9.17) is 0 Å². The molecule has 184 valence electrons. The maximum atomic E-state index is 13.0. The largest absolute Gasteiger partial charge is 0.477 e. The molecule has 0 bridgehead atoms. The number of likely N-dealkylation sites (N-methyl/N-ethyl adjacent to an activating group) is 1. The van der Waals surface area contributed by atoms with Gasteiger partial charge in [-0.2, -0.15) is 0 Å². The molecule has 34 heavy (non-hydrogen) atoms. The number of nitrogens with zero attached hydrogens (tertiary/aromatic N) is 3. The van der Waals surface area contributed by atoms with Gasteiger partial charge >= 0.3 is 5.97 Å². The number of carbonyl (C=O) groups excluding carboxylic acids is 2. The van der Waals surface area contributed by atoms with Crippen LogP contribution in [0.3, 0.4) is 0 Å². The second-order valence-electron chi connectivity index (χ2n) is 9.52. The highest BCUT2D eigenvalue weighted by Crippen LogP contribution is 2.51. The number of thioether (sulfide) groups is 1. The highest BCUT2D eigenvalue weighted by Gasteiger charge is 2.60. The molecular weight excluding hydrogens is 456 g/mol. The van der Waals surface area contributed by atoms with Crippen molar-refractivity contribution in [2.75, 3.05) is 20.1 Å². The lowest BCUT2D eigenvalue weighted by atomic mass is 9.79. The minimum Gasteiger partial charge on any atom is -0.477 e. The monoisotopic (exact) mass is 489 g/mol. The van der Waals surface area contributed by atoms with Crippen molar-refractivity contribution < 1.29 is 29.2 Å². The molecule has 4 heterocycles. The van der Waals surface area contributed by atoms with E-state index in [1.165, 1.54) is 16.7 Å². The average molecular weight is 490 g/mol. The van der Waals surface area contributed by atoms with Gasteiger partial charge in [-0.25, -0.2) is 9.36 Å². The molecule has 3 aliphatic heterocycles. The fourth-order valence-corrected chi connectivity index (χ4v) is 6.80. The van der Waals surface area contributed by atoms with E-state index in [1.807, 2.05) is 50.0 Å². The molecule has 10 heteroatoms. The molecule has 0 radical (unpaired) electrons. The van der Waals surface area contributed by atoms with Gasteiger partial charge in [-0.15, -0.1) is 11.8 Å². The number of aryl methyl sites for hydroxylation is 1. The number of amides is 2. The molecule has 3 N–H and O–H groups in total. The van der Waals surface area contributed by atoms with Gasteiger partial charge in [-0.05, 0) is 13.3 Å². The zero-order valence-electron chi connectivity index (χ0n) is 20.0. The van der Waals surface area contributed by atoms with E-state index in [2.05, 4.69) is 5.32 Å². The predicted molar refractivity (Wildman–Crippen MR) is 126 cm³/mol. The van der Waals surface area contributed by atoms with Crippen molar-refractivity contribution in [2.24, 2.45) is 18.9 Å². The summed E-state index contributed by atoms with van der Waals surface area (Å²) in [5, 5.41) is 23.2. The molecule has 0 saturated carbocycles. The summed E-state index contributed by atoms with van der Waals surface area (Å²) >= 11 is 1.45. The number of aromatic nitrogens is 1. The number of aliphatic hydroxyl groups excluding tert-OH is 1. The van der Waals surface area contributed by atoms with Crippen LogP contribution in [-0.4, -0.2) is 81.4 Å². The summed E-state index contributed by atoms with van der Waals surface area (Å²) in [6.45, 7) is 4.69. The van der Waals surface area contributed by atoms with Crippen LogP contribution in [0, 0.1) is 11.8 Å². The van der Waals surface area contributed by atoms with Crippen molar-refractivity contribution >= 4 is 29.5 Å². The first kappa shape index (κ1) is 24.7. The first-order valence-corrected chi connectivity index (χ1v) is 12.6. The molecule has 6 atom stereocenters. The fraction of sp³-hybridized carbons (Fsp3) is 0.583. The van der Waals surface area contributed by atoms with E-state index in [0.29, 0.717) is 24.4 Å². The Labute approximate surface area is 203 Å². The summed E-state index contributed by atoms with van der Waals surface area (Å²) in [5.41, 5.74) is 1.18. The number of nitrogens with one attached hydrogen (secondary N) is 1. The molecule has 3 unspecified atom stereocenters. The number of aliphatic hydroxyl groups is 1. The van der Waals surface area contributed by atoms with Crippen LogP contribution in [0.25, 0.3) is 0 Å². The Balaban J connectivity index is 1.38. The number of carboxylic acid groups (broad SMARTS) is 1. The van der Waals surface area contributed by atoms with Crippen molar-refractivity contribution in [1.29, 1.82) is 0 Å². The summed E-state index contributed by atoms with van der Waals surface area (Å²) in [6.07, 6.45) is 2.52. The van der Waals surface area contributed by atoms with E-state index in [1.54, 1.807) is 11.8 Å². The summed E-state index contributed by atoms with van der Waals surface area (Å²) in [6, 6.07) is 5.37. The third kappa shape index (κ3) is 4.34. The second-order valence-corrected chi connectivity index (χ2v) is 10.9. The standard InChI is InChI=1S/C24H32N4O5S/c1-13-19-18(14(2)29)23(31)28(19)20(24(32)33)21(13)34-16-11-17(25-12-16)22(30)27(4)10-8-15-7-5-6-9-26(15)3/h5-7,9,13-14,16-19,25,29H,8,10-12H2,1-4H3/p+1/t13-,14?,16?,17?,18+,19+/m0/s1. The zero-order valence-corrected chi connectivity index (χ0v) is 20.8. The highest BCUT2D eigenvalue weighted by molar-refractivity contribution is 8.03. The van der Waals surface area contributed by atoms with Crippen LogP contribution in [0.5, 0.6) is 0 Å². The summed E-state index contributed by atoms with van der Waals surface area (Å²) in [7, 11) is 3.80. The van der Waals surface area contributed by atoms with Gasteiger partial charge in [-0.3, -0.25) is 9.59 Å². The van der Waals surface area contributed by atoms with Gasteiger partial charge in [0.1, 0.15) is 12.7 Å². The van der Waals surface area contributed by atoms with Gasteiger partial charge in [0.2, 0.25) is 11.8 Å². The van der Waals surface area contributed by atoms with Gasteiger partial charge in [0.15, 0.2) is 11.9 Å². The molecule has 2 fully saturated rings. The number of pyridine rings is 1. The lowest BCUT2D eigenvalue weighted by Crippen LogP contribution is -2.63. The maximum absolute atomic E-state index is 13.0. The smallest absolute Gasteiger partial charge is 0.353 e. The number of rotatable bonds is 8. The van der Waals surface area contributed by atoms with Crippen LogP contribution in [0.4, 0.5) is 0 Å². The van der Waals surface area contributed by atoms with Gasteiger partial charge in [0.05, 0.1) is 30.5 Å². The van der Waals surface area contributed by atoms with Crippen molar-refractivity contribution in [3.8, 4) is 0 Å². The Hall–Kier alpha value is -2.43.